The predicted molar refractivity (Wildman–Crippen MR) is 124 cm³/mol. The minimum Gasteiger partial charge on any atom is -0.497 e. The Morgan fingerprint density at radius 1 is 1.12 bits per heavy atom. The molecule has 2 aromatic heterocycles. The van der Waals surface area contributed by atoms with E-state index in [9.17, 15) is 4.79 Å². The van der Waals surface area contributed by atoms with Gasteiger partial charge in [0, 0.05) is 40.9 Å². The number of rotatable bonds is 8. The van der Waals surface area contributed by atoms with Gasteiger partial charge in [0.2, 0.25) is 0 Å². The smallest absolute Gasteiger partial charge is 0.325 e. The Labute approximate surface area is 187 Å². The average Bonchev–Trinajstić information content (AvgIpc) is 3.38. The van der Waals surface area contributed by atoms with Gasteiger partial charge in [-0.1, -0.05) is 18.2 Å². The molecule has 1 N–H and O–H groups in total. The van der Waals surface area contributed by atoms with Crippen LogP contribution in [0.15, 0.2) is 60.9 Å². The highest BCUT2D eigenvalue weighted by atomic mass is 16.5. The molecular weight excluding hydrogens is 404 g/mol. The number of hydrogen-bond donors (Lipinski definition) is 1. The fraction of sp³-hybridized carbons (Fsp3) is 0.280. The fourth-order valence-corrected chi connectivity index (χ4v) is 4.00. The predicted octanol–water partition coefficient (Wildman–Crippen LogP) is 4.17. The van der Waals surface area contributed by atoms with E-state index in [-0.39, 0.29) is 18.6 Å². The van der Waals surface area contributed by atoms with Crippen LogP contribution in [-0.2, 0) is 22.6 Å². The molecule has 0 saturated heterocycles. The Balaban J connectivity index is 1.52. The summed E-state index contributed by atoms with van der Waals surface area (Å²) in [6.07, 6.45) is 3.94. The van der Waals surface area contributed by atoms with Gasteiger partial charge in [0.05, 0.1) is 26.1 Å². The van der Waals surface area contributed by atoms with E-state index < -0.39 is 0 Å². The molecule has 166 valence electrons. The number of esters is 1. The van der Waals surface area contributed by atoms with Crippen molar-refractivity contribution in [2.75, 3.05) is 14.2 Å². The summed E-state index contributed by atoms with van der Waals surface area (Å²) < 4.78 is 14.0. The Kier molecular flexibility index (Phi) is 6.28. The van der Waals surface area contributed by atoms with E-state index in [1.165, 1.54) is 7.11 Å². The van der Waals surface area contributed by atoms with Gasteiger partial charge in [-0.25, -0.2) is 4.68 Å². The second kappa shape index (κ2) is 9.28. The summed E-state index contributed by atoms with van der Waals surface area (Å²) >= 11 is 0. The highest BCUT2D eigenvalue weighted by Crippen LogP contribution is 2.25. The molecule has 0 aliphatic heterocycles. The Morgan fingerprint density at radius 3 is 2.59 bits per heavy atom. The number of benzene rings is 2. The molecule has 0 aliphatic rings. The number of ether oxygens (including phenoxy) is 2. The molecule has 2 aromatic carbocycles. The molecule has 0 fully saturated rings. The van der Waals surface area contributed by atoms with E-state index >= 15 is 0 Å². The second-order valence-electron chi connectivity index (χ2n) is 7.77. The van der Waals surface area contributed by atoms with E-state index in [2.05, 4.69) is 30.3 Å². The Hall–Kier alpha value is -3.58. The third kappa shape index (κ3) is 4.24. The van der Waals surface area contributed by atoms with Crippen LogP contribution >= 0.6 is 0 Å². The topological polar surface area (TPSA) is 70.3 Å². The molecule has 4 aromatic rings. The molecule has 7 heteroatoms. The van der Waals surface area contributed by atoms with Crippen LogP contribution < -0.4 is 10.1 Å². The van der Waals surface area contributed by atoms with E-state index in [1.54, 1.807) is 7.11 Å². The number of carbonyl (C=O) groups excluding carboxylic acids is 1. The van der Waals surface area contributed by atoms with Gasteiger partial charge in [-0.15, -0.1) is 0 Å². The van der Waals surface area contributed by atoms with Crippen molar-refractivity contribution in [3.8, 4) is 11.4 Å². The lowest BCUT2D eigenvalue weighted by atomic mass is 10.1. The van der Waals surface area contributed by atoms with Crippen LogP contribution in [0.25, 0.3) is 16.6 Å². The van der Waals surface area contributed by atoms with Crippen LogP contribution in [-0.4, -0.2) is 34.5 Å². The standard InChI is InChI=1S/C25H28N4O3/c1-17(23-14-27-29(18(23)2)20-9-11-21(31-3)12-10-20)26-13-19-15-28(16-25(30)32-4)24-8-6-5-7-22(19)24/h5-12,14-15,17,26H,13,16H2,1-4H3. The lowest BCUT2D eigenvalue weighted by Crippen LogP contribution is -2.18. The van der Waals surface area contributed by atoms with Crippen LogP contribution in [0, 0.1) is 6.92 Å². The highest BCUT2D eigenvalue weighted by Gasteiger charge is 2.16. The van der Waals surface area contributed by atoms with Crippen LogP contribution in [0.3, 0.4) is 0 Å². The minimum absolute atomic E-state index is 0.102. The van der Waals surface area contributed by atoms with Crippen LogP contribution in [0.2, 0.25) is 0 Å². The second-order valence-corrected chi connectivity index (χ2v) is 7.77. The van der Waals surface area contributed by atoms with Crippen molar-refractivity contribution < 1.29 is 14.3 Å². The SMILES string of the molecule is COC(=O)Cn1cc(CNC(C)c2cnn(-c3ccc(OC)cc3)c2C)c2ccccc21. The van der Waals surface area contributed by atoms with Crippen molar-refractivity contribution >= 4 is 16.9 Å². The van der Waals surface area contributed by atoms with Crippen LogP contribution in [0.5, 0.6) is 5.75 Å². The highest BCUT2D eigenvalue weighted by molar-refractivity contribution is 5.85. The fourth-order valence-electron chi connectivity index (χ4n) is 4.00. The van der Waals surface area contributed by atoms with E-state index in [1.807, 2.05) is 64.1 Å². The monoisotopic (exact) mass is 432 g/mol. The molecular formula is C25H28N4O3. The van der Waals surface area contributed by atoms with Gasteiger partial charge in [-0.3, -0.25) is 4.79 Å². The molecule has 4 rings (SSSR count). The number of methoxy groups -OCH3 is 2. The lowest BCUT2D eigenvalue weighted by Gasteiger charge is -2.14. The van der Waals surface area contributed by atoms with Gasteiger partial charge in [-0.2, -0.15) is 5.10 Å². The first-order valence-corrected chi connectivity index (χ1v) is 10.6. The molecule has 0 amide bonds. The number of aromatic nitrogens is 3. The normalized spacial score (nSPS) is 12.1. The molecule has 0 spiro atoms. The molecule has 0 bridgehead atoms. The molecule has 1 atom stereocenters. The summed E-state index contributed by atoms with van der Waals surface area (Å²) in [6.45, 7) is 5.08. The van der Waals surface area contributed by atoms with Gasteiger partial charge < -0.3 is 19.4 Å². The Morgan fingerprint density at radius 2 is 1.88 bits per heavy atom. The number of hydrogen-bond acceptors (Lipinski definition) is 5. The average molecular weight is 433 g/mol. The zero-order chi connectivity index (χ0) is 22.7. The van der Waals surface area contributed by atoms with Crippen molar-refractivity contribution in [1.82, 2.24) is 19.7 Å². The maximum absolute atomic E-state index is 11.8. The van der Waals surface area contributed by atoms with Gasteiger partial charge in [-0.05, 0) is 49.7 Å². The molecule has 0 aliphatic carbocycles. The molecule has 7 nitrogen and oxygen atoms in total. The van der Waals surface area contributed by atoms with Crippen molar-refractivity contribution in [3.05, 3.63) is 77.7 Å². The maximum Gasteiger partial charge on any atom is 0.325 e. The first-order chi connectivity index (χ1) is 15.5. The summed E-state index contributed by atoms with van der Waals surface area (Å²) in [5.74, 6) is 0.556. The lowest BCUT2D eigenvalue weighted by molar-refractivity contribution is -0.141. The number of carbonyl (C=O) groups is 1. The van der Waals surface area contributed by atoms with Gasteiger partial charge in [0.25, 0.3) is 0 Å². The largest absolute Gasteiger partial charge is 0.497 e. The quantitative estimate of drug-likeness (QED) is 0.423. The zero-order valence-electron chi connectivity index (χ0n) is 18.8. The summed E-state index contributed by atoms with van der Waals surface area (Å²) in [6, 6.07) is 16.1. The van der Waals surface area contributed by atoms with Gasteiger partial charge >= 0.3 is 5.97 Å². The molecule has 32 heavy (non-hydrogen) atoms. The van der Waals surface area contributed by atoms with Crippen molar-refractivity contribution in [1.29, 1.82) is 0 Å². The number of para-hydroxylation sites is 1. The van der Waals surface area contributed by atoms with E-state index in [0.29, 0.717) is 6.54 Å². The minimum atomic E-state index is -0.264. The summed E-state index contributed by atoms with van der Waals surface area (Å²) in [5.41, 5.74) is 5.37. The van der Waals surface area contributed by atoms with Crippen LogP contribution in [0.1, 0.15) is 29.8 Å². The number of nitrogens with zero attached hydrogens (tertiary/aromatic N) is 3. The van der Waals surface area contributed by atoms with Gasteiger partial charge in [0.1, 0.15) is 12.3 Å². The summed E-state index contributed by atoms with van der Waals surface area (Å²) in [4.78, 5) is 11.8. The third-order valence-corrected chi connectivity index (χ3v) is 5.83. The molecule has 2 heterocycles. The third-order valence-electron chi connectivity index (χ3n) is 5.83. The van der Waals surface area contributed by atoms with E-state index in [0.717, 1.165) is 39.2 Å². The Bertz CT molecular complexity index is 1220. The molecule has 0 saturated carbocycles. The molecule has 0 radical (unpaired) electrons. The first-order valence-electron chi connectivity index (χ1n) is 10.6. The first kappa shape index (κ1) is 21.6. The summed E-state index contributed by atoms with van der Waals surface area (Å²) in [7, 11) is 3.07. The van der Waals surface area contributed by atoms with Gasteiger partial charge in [0.15, 0.2) is 0 Å². The number of fused-ring (bicyclic) bond motifs is 1. The van der Waals surface area contributed by atoms with Crippen molar-refractivity contribution in [2.24, 2.45) is 0 Å². The molecule has 1 unspecified atom stereocenters. The van der Waals surface area contributed by atoms with Crippen molar-refractivity contribution in [3.63, 3.8) is 0 Å². The van der Waals surface area contributed by atoms with Crippen LogP contribution in [0.4, 0.5) is 0 Å². The van der Waals surface area contributed by atoms with E-state index in [4.69, 9.17) is 9.47 Å². The van der Waals surface area contributed by atoms with Crippen molar-refractivity contribution in [2.45, 2.75) is 33.0 Å². The number of nitrogens with one attached hydrogen (secondary N) is 1. The summed E-state index contributed by atoms with van der Waals surface area (Å²) in [5, 5.41) is 9.33. The zero-order valence-corrected chi connectivity index (χ0v) is 18.8. The maximum atomic E-state index is 11.8.